The van der Waals surface area contributed by atoms with Crippen molar-refractivity contribution in [2.24, 2.45) is 0 Å². The van der Waals surface area contributed by atoms with Crippen LogP contribution in [-0.2, 0) is 13.1 Å². The van der Waals surface area contributed by atoms with E-state index in [-0.39, 0.29) is 22.1 Å². The lowest BCUT2D eigenvalue weighted by molar-refractivity contribution is 0.0873. The minimum atomic E-state index is -0.512. The monoisotopic (exact) mass is 421 g/mol. The second kappa shape index (κ2) is 7.59. The van der Waals surface area contributed by atoms with Crippen molar-refractivity contribution < 1.29 is 18.7 Å². The number of hydrogen-bond acceptors (Lipinski definition) is 4. The van der Waals surface area contributed by atoms with Gasteiger partial charge in [-0.15, -0.1) is 0 Å². The van der Waals surface area contributed by atoms with Crippen molar-refractivity contribution in [3.63, 3.8) is 0 Å². The highest BCUT2D eigenvalue weighted by molar-refractivity contribution is 6.32. The lowest BCUT2D eigenvalue weighted by Gasteiger charge is -2.29. The predicted octanol–water partition coefficient (Wildman–Crippen LogP) is 5.45. The molecule has 0 bridgehead atoms. The number of allylic oxidation sites excluding steroid dienone is 1. The van der Waals surface area contributed by atoms with Gasteiger partial charge in [0, 0.05) is 18.7 Å². The number of ether oxygens (including phenoxy) is 2. The molecule has 5 rings (SSSR count). The maximum absolute atomic E-state index is 14.2. The van der Waals surface area contributed by atoms with Crippen molar-refractivity contribution in [1.29, 1.82) is 0 Å². The van der Waals surface area contributed by atoms with E-state index in [1.165, 1.54) is 23.8 Å². The summed E-state index contributed by atoms with van der Waals surface area (Å²) in [5.74, 6) is 0.393. The van der Waals surface area contributed by atoms with Gasteiger partial charge in [-0.1, -0.05) is 48.0 Å². The van der Waals surface area contributed by atoms with Gasteiger partial charge in [-0.25, -0.2) is 4.39 Å². The van der Waals surface area contributed by atoms with Gasteiger partial charge in [0.15, 0.2) is 5.76 Å². The van der Waals surface area contributed by atoms with E-state index in [0.717, 1.165) is 5.56 Å². The molecule has 6 heteroatoms. The molecule has 0 aliphatic carbocycles. The third kappa shape index (κ3) is 3.36. The summed E-state index contributed by atoms with van der Waals surface area (Å²) in [6, 6.07) is 17.9. The van der Waals surface area contributed by atoms with Crippen molar-refractivity contribution in [3.05, 3.63) is 99.5 Å². The third-order valence-corrected chi connectivity index (χ3v) is 5.54. The minimum Gasteiger partial charge on any atom is -0.478 e. The summed E-state index contributed by atoms with van der Waals surface area (Å²) in [4.78, 5) is 15.0. The normalized spacial score (nSPS) is 16.7. The summed E-state index contributed by atoms with van der Waals surface area (Å²) < 4.78 is 26.0. The van der Waals surface area contributed by atoms with Crippen molar-refractivity contribution in [3.8, 4) is 11.5 Å². The van der Waals surface area contributed by atoms with Gasteiger partial charge in [0.1, 0.15) is 24.0 Å². The second-order valence-electron chi connectivity index (χ2n) is 7.24. The number of nitrogens with zero attached hydrogens (tertiary/aromatic N) is 1. The van der Waals surface area contributed by atoms with Gasteiger partial charge in [0.25, 0.3) is 0 Å². The molecule has 0 amide bonds. The van der Waals surface area contributed by atoms with Gasteiger partial charge in [0.05, 0.1) is 16.1 Å². The lowest BCUT2D eigenvalue weighted by Crippen LogP contribution is -2.31. The van der Waals surface area contributed by atoms with E-state index < -0.39 is 5.82 Å². The fourth-order valence-electron chi connectivity index (χ4n) is 3.73. The number of carbonyl (C=O) groups excluding carboxylic acids is 1. The van der Waals surface area contributed by atoms with E-state index in [1.807, 2.05) is 18.2 Å². The van der Waals surface area contributed by atoms with Crippen LogP contribution in [0, 0.1) is 5.82 Å². The predicted molar refractivity (Wildman–Crippen MR) is 112 cm³/mol. The summed E-state index contributed by atoms with van der Waals surface area (Å²) in [5.41, 5.74) is 2.55. The number of hydrogen-bond donors (Lipinski definition) is 0. The van der Waals surface area contributed by atoms with Crippen LogP contribution in [0.1, 0.15) is 27.0 Å². The summed E-state index contributed by atoms with van der Waals surface area (Å²) in [6.07, 6.45) is 1.36. The maximum atomic E-state index is 14.2. The molecule has 2 heterocycles. The highest BCUT2D eigenvalue weighted by Crippen LogP contribution is 2.42. The van der Waals surface area contributed by atoms with Gasteiger partial charge in [-0.3, -0.25) is 9.69 Å². The second-order valence-corrected chi connectivity index (χ2v) is 7.65. The fraction of sp³-hybridized carbons (Fsp3) is 0.125. The summed E-state index contributed by atoms with van der Waals surface area (Å²) in [5, 5.41) is 0.217. The molecular weight excluding hydrogens is 405 g/mol. The quantitative estimate of drug-likeness (QED) is 0.527. The molecule has 30 heavy (non-hydrogen) atoms. The Morgan fingerprint density at radius 2 is 1.90 bits per heavy atom. The molecule has 4 nitrogen and oxygen atoms in total. The Bertz CT molecular complexity index is 1160. The Morgan fingerprint density at radius 1 is 1.07 bits per heavy atom. The zero-order chi connectivity index (χ0) is 20.7. The molecule has 0 saturated heterocycles. The highest BCUT2D eigenvalue weighted by Gasteiger charge is 2.34. The molecule has 0 atom stereocenters. The number of rotatable bonds is 3. The van der Waals surface area contributed by atoms with E-state index in [9.17, 15) is 9.18 Å². The van der Waals surface area contributed by atoms with E-state index >= 15 is 0 Å². The van der Waals surface area contributed by atoms with Gasteiger partial charge in [-0.05, 0) is 35.9 Å². The smallest absolute Gasteiger partial charge is 0.231 e. The SMILES string of the molecule is O=C1/C(=C/c2c(F)cccc2Cl)Oc2c1ccc1c2CN(Cc2ccccc2)CO1. The molecule has 0 spiro atoms. The number of carbonyl (C=O) groups is 1. The summed E-state index contributed by atoms with van der Waals surface area (Å²) >= 11 is 6.10. The first kappa shape index (κ1) is 18.9. The number of Topliss-reactive ketones (excluding diaryl/α,β-unsaturated/α-hetero) is 1. The molecule has 2 aliphatic rings. The number of halogens is 2. The Kier molecular flexibility index (Phi) is 4.77. The van der Waals surface area contributed by atoms with Crippen LogP contribution in [0.3, 0.4) is 0 Å². The van der Waals surface area contributed by atoms with E-state index in [0.29, 0.717) is 36.9 Å². The topological polar surface area (TPSA) is 38.8 Å². The summed E-state index contributed by atoms with van der Waals surface area (Å²) in [7, 11) is 0. The van der Waals surface area contributed by atoms with Gasteiger partial charge in [0.2, 0.25) is 5.78 Å². The maximum Gasteiger partial charge on any atom is 0.231 e. The molecule has 0 N–H and O–H groups in total. The van der Waals surface area contributed by atoms with Crippen LogP contribution < -0.4 is 9.47 Å². The first-order valence-corrected chi connectivity index (χ1v) is 9.91. The molecule has 3 aromatic rings. The van der Waals surface area contributed by atoms with Crippen LogP contribution in [0.2, 0.25) is 5.02 Å². The van der Waals surface area contributed by atoms with Crippen LogP contribution in [0.4, 0.5) is 4.39 Å². The molecule has 150 valence electrons. The zero-order valence-electron chi connectivity index (χ0n) is 15.9. The van der Waals surface area contributed by atoms with E-state index in [1.54, 1.807) is 18.2 Å². The van der Waals surface area contributed by atoms with E-state index in [4.69, 9.17) is 21.1 Å². The molecule has 0 unspecified atom stereocenters. The van der Waals surface area contributed by atoms with Crippen molar-refractivity contribution in [1.82, 2.24) is 4.90 Å². The number of benzene rings is 3. The Morgan fingerprint density at radius 3 is 2.70 bits per heavy atom. The molecule has 2 aliphatic heterocycles. The van der Waals surface area contributed by atoms with Crippen LogP contribution in [0.25, 0.3) is 6.08 Å². The van der Waals surface area contributed by atoms with Crippen molar-refractivity contribution in [2.75, 3.05) is 6.73 Å². The Labute approximate surface area is 178 Å². The number of ketones is 1. The van der Waals surface area contributed by atoms with Gasteiger partial charge in [-0.2, -0.15) is 0 Å². The standard InChI is InChI=1S/C24H17ClFNO3/c25-19-7-4-8-20(26)17(19)11-22-23(28)16-9-10-21-18(24(16)30-22)13-27(14-29-21)12-15-5-2-1-3-6-15/h1-11H,12-14H2/b22-11-. The summed E-state index contributed by atoms with van der Waals surface area (Å²) in [6.45, 7) is 1.74. The highest BCUT2D eigenvalue weighted by atomic mass is 35.5. The first-order valence-electron chi connectivity index (χ1n) is 9.53. The molecule has 0 saturated carbocycles. The molecule has 3 aromatic carbocycles. The third-order valence-electron chi connectivity index (χ3n) is 5.21. The fourth-order valence-corrected chi connectivity index (χ4v) is 3.94. The van der Waals surface area contributed by atoms with Crippen LogP contribution in [0.5, 0.6) is 11.5 Å². The zero-order valence-corrected chi connectivity index (χ0v) is 16.7. The Hall–Kier alpha value is -3.15. The molecule has 0 fully saturated rings. The van der Waals surface area contributed by atoms with Gasteiger partial charge >= 0.3 is 0 Å². The molecule has 0 aromatic heterocycles. The van der Waals surface area contributed by atoms with Crippen molar-refractivity contribution >= 4 is 23.5 Å². The Balaban J connectivity index is 1.46. The van der Waals surface area contributed by atoms with E-state index in [2.05, 4.69) is 17.0 Å². The lowest BCUT2D eigenvalue weighted by atomic mass is 10.0. The van der Waals surface area contributed by atoms with Crippen molar-refractivity contribution in [2.45, 2.75) is 13.1 Å². The van der Waals surface area contributed by atoms with Crippen LogP contribution >= 0.6 is 11.6 Å². The van der Waals surface area contributed by atoms with Crippen LogP contribution in [-0.4, -0.2) is 17.4 Å². The van der Waals surface area contributed by atoms with Crippen LogP contribution in [0.15, 0.2) is 66.4 Å². The first-order chi connectivity index (χ1) is 14.6. The molecule has 0 radical (unpaired) electrons. The average molecular weight is 422 g/mol. The van der Waals surface area contributed by atoms with Gasteiger partial charge < -0.3 is 9.47 Å². The molecular formula is C24H17ClFNO3. The largest absolute Gasteiger partial charge is 0.478 e. The number of fused-ring (bicyclic) bond motifs is 3. The minimum absolute atomic E-state index is 0.0468. The average Bonchev–Trinajstić information content (AvgIpc) is 3.07.